The summed E-state index contributed by atoms with van der Waals surface area (Å²) in [4.78, 5) is 37.0. The van der Waals surface area contributed by atoms with Crippen LogP contribution in [0, 0.1) is 12.8 Å². The van der Waals surface area contributed by atoms with Gasteiger partial charge in [-0.05, 0) is 50.5 Å². The Bertz CT molecular complexity index is 925. The number of nitrogens with one attached hydrogen (secondary N) is 1. The van der Waals surface area contributed by atoms with Gasteiger partial charge in [0, 0.05) is 25.7 Å². The Morgan fingerprint density at radius 2 is 1.78 bits per heavy atom. The van der Waals surface area contributed by atoms with Gasteiger partial charge in [-0.2, -0.15) is 0 Å². The molecule has 0 spiro atoms. The van der Waals surface area contributed by atoms with Gasteiger partial charge in [-0.25, -0.2) is 9.97 Å². The number of benzene rings is 1. The van der Waals surface area contributed by atoms with Crippen LogP contribution in [0.3, 0.4) is 0 Å². The highest BCUT2D eigenvalue weighted by molar-refractivity contribution is 5.94. The molecule has 1 atom stereocenters. The van der Waals surface area contributed by atoms with Crippen molar-refractivity contribution in [3.8, 4) is 0 Å². The number of nitrogens with zero attached hydrogens (tertiary/aromatic N) is 3. The molecule has 2 fully saturated rings. The molecule has 6 heteroatoms. The third-order valence-corrected chi connectivity index (χ3v) is 6.85. The minimum absolute atomic E-state index is 0.0834. The van der Waals surface area contributed by atoms with Crippen LogP contribution in [0.4, 0.5) is 0 Å². The summed E-state index contributed by atoms with van der Waals surface area (Å²) in [5, 5.41) is 2.94. The fourth-order valence-electron chi connectivity index (χ4n) is 5.00. The first-order valence-electron chi connectivity index (χ1n) is 12.1. The summed E-state index contributed by atoms with van der Waals surface area (Å²) in [5.41, 5.74) is 2.19. The zero-order chi connectivity index (χ0) is 22.3. The number of piperidine rings is 1. The average Bonchev–Trinajstić information content (AvgIpc) is 2.84. The van der Waals surface area contributed by atoms with Gasteiger partial charge in [-0.15, -0.1) is 0 Å². The summed E-state index contributed by atoms with van der Waals surface area (Å²) >= 11 is 0. The number of amides is 2. The first-order chi connectivity index (χ1) is 15.6. The summed E-state index contributed by atoms with van der Waals surface area (Å²) in [5.74, 6) is 1.26. The summed E-state index contributed by atoms with van der Waals surface area (Å²) in [6, 6.07) is 9.74. The van der Waals surface area contributed by atoms with Crippen LogP contribution in [-0.2, 0) is 11.3 Å². The fourth-order valence-corrected chi connectivity index (χ4v) is 5.00. The van der Waals surface area contributed by atoms with E-state index in [2.05, 4.69) is 15.3 Å². The zero-order valence-corrected chi connectivity index (χ0v) is 19.1. The Morgan fingerprint density at radius 1 is 1.03 bits per heavy atom. The second kappa shape index (κ2) is 10.7. The first kappa shape index (κ1) is 22.4. The predicted octanol–water partition coefficient (Wildman–Crippen LogP) is 4.74. The Hall–Kier alpha value is -2.76. The molecular formula is C26H34N4O2. The van der Waals surface area contributed by atoms with Gasteiger partial charge in [0.25, 0.3) is 5.91 Å². The molecule has 2 aliphatic rings. The molecule has 1 aromatic heterocycles. The lowest BCUT2D eigenvalue weighted by atomic mass is 9.86. The van der Waals surface area contributed by atoms with E-state index in [0.29, 0.717) is 36.0 Å². The van der Waals surface area contributed by atoms with E-state index in [0.717, 1.165) is 31.4 Å². The Balaban J connectivity index is 1.42. The Morgan fingerprint density at radius 3 is 2.53 bits per heavy atom. The van der Waals surface area contributed by atoms with Crippen LogP contribution in [0.2, 0.25) is 0 Å². The molecule has 2 aromatic rings. The monoisotopic (exact) mass is 434 g/mol. The minimum atomic E-state index is -0.174. The zero-order valence-electron chi connectivity index (χ0n) is 19.1. The highest BCUT2D eigenvalue weighted by Crippen LogP contribution is 2.32. The molecule has 2 heterocycles. The van der Waals surface area contributed by atoms with Gasteiger partial charge in [-0.3, -0.25) is 9.59 Å². The lowest BCUT2D eigenvalue weighted by Gasteiger charge is -2.36. The maximum absolute atomic E-state index is 13.1. The van der Waals surface area contributed by atoms with Crippen molar-refractivity contribution in [2.75, 3.05) is 6.54 Å². The molecule has 170 valence electrons. The van der Waals surface area contributed by atoms with Crippen LogP contribution in [-0.4, -0.2) is 33.2 Å². The summed E-state index contributed by atoms with van der Waals surface area (Å²) in [7, 11) is 0. The highest BCUT2D eigenvalue weighted by atomic mass is 16.2. The molecule has 1 aromatic carbocycles. The predicted molar refractivity (Wildman–Crippen MR) is 124 cm³/mol. The highest BCUT2D eigenvalue weighted by Gasteiger charge is 2.31. The van der Waals surface area contributed by atoms with E-state index in [1.165, 1.54) is 32.1 Å². The van der Waals surface area contributed by atoms with E-state index >= 15 is 0 Å². The van der Waals surface area contributed by atoms with Gasteiger partial charge >= 0.3 is 0 Å². The Kier molecular flexibility index (Phi) is 7.51. The van der Waals surface area contributed by atoms with Gasteiger partial charge in [0.05, 0.1) is 17.3 Å². The van der Waals surface area contributed by atoms with Crippen molar-refractivity contribution in [3.63, 3.8) is 0 Å². The molecule has 1 saturated carbocycles. The van der Waals surface area contributed by atoms with Gasteiger partial charge in [0.2, 0.25) is 5.91 Å². The van der Waals surface area contributed by atoms with Gasteiger partial charge in [-0.1, -0.05) is 49.6 Å². The smallest absolute Gasteiger partial charge is 0.254 e. The number of likely N-dealkylation sites (tertiary alicyclic amines) is 1. The van der Waals surface area contributed by atoms with Crippen LogP contribution in [0.1, 0.15) is 91.3 Å². The molecule has 1 aliphatic heterocycles. The van der Waals surface area contributed by atoms with Crippen molar-refractivity contribution in [3.05, 3.63) is 59.2 Å². The molecule has 2 amide bonds. The number of carbonyl (C=O) groups is 2. The summed E-state index contributed by atoms with van der Waals surface area (Å²) in [6.45, 7) is 3.09. The van der Waals surface area contributed by atoms with Crippen LogP contribution >= 0.6 is 0 Å². The van der Waals surface area contributed by atoms with Crippen molar-refractivity contribution in [2.45, 2.75) is 77.3 Å². The number of hydrogen-bond acceptors (Lipinski definition) is 4. The largest absolute Gasteiger partial charge is 0.348 e. The molecule has 0 bridgehead atoms. The SMILES string of the molecule is Cc1nc(C2CCCCN2C(=O)CC2CCCCC2)ncc1C(=O)NCc1ccccc1. The number of hydrogen-bond donors (Lipinski definition) is 1. The maximum Gasteiger partial charge on any atom is 0.254 e. The van der Waals surface area contributed by atoms with Gasteiger partial charge in [0.15, 0.2) is 5.82 Å². The molecule has 4 rings (SSSR count). The number of aryl methyl sites for hydroxylation is 1. The second-order valence-electron chi connectivity index (χ2n) is 9.20. The normalized spacial score (nSPS) is 19.5. The molecule has 1 unspecified atom stereocenters. The third-order valence-electron chi connectivity index (χ3n) is 6.85. The average molecular weight is 435 g/mol. The number of carbonyl (C=O) groups excluding carboxylic acids is 2. The van der Waals surface area contributed by atoms with Crippen LogP contribution in [0.5, 0.6) is 0 Å². The van der Waals surface area contributed by atoms with Crippen LogP contribution < -0.4 is 5.32 Å². The van der Waals surface area contributed by atoms with Crippen molar-refractivity contribution in [2.24, 2.45) is 5.92 Å². The van der Waals surface area contributed by atoms with Crippen molar-refractivity contribution < 1.29 is 9.59 Å². The van der Waals surface area contributed by atoms with Gasteiger partial charge in [0.1, 0.15) is 0 Å². The maximum atomic E-state index is 13.1. The van der Waals surface area contributed by atoms with E-state index in [1.54, 1.807) is 6.20 Å². The van der Waals surface area contributed by atoms with E-state index in [9.17, 15) is 9.59 Å². The van der Waals surface area contributed by atoms with Crippen molar-refractivity contribution in [1.82, 2.24) is 20.2 Å². The van der Waals surface area contributed by atoms with E-state index in [1.807, 2.05) is 42.2 Å². The molecule has 1 N–H and O–H groups in total. The van der Waals surface area contributed by atoms with Crippen LogP contribution in [0.15, 0.2) is 36.5 Å². The standard InChI is InChI=1S/C26H34N4O2/c1-19-22(26(32)28-17-21-12-6-3-7-13-21)18-27-25(29-19)23-14-8-9-15-30(23)24(31)16-20-10-4-2-5-11-20/h3,6-7,12-13,18,20,23H,2,4-5,8-11,14-17H2,1H3,(H,28,32). The van der Waals surface area contributed by atoms with E-state index in [4.69, 9.17) is 0 Å². The van der Waals surface area contributed by atoms with E-state index < -0.39 is 0 Å². The van der Waals surface area contributed by atoms with Gasteiger partial charge < -0.3 is 10.2 Å². The quantitative estimate of drug-likeness (QED) is 0.713. The molecular weight excluding hydrogens is 400 g/mol. The topological polar surface area (TPSA) is 75.2 Å². The molecule has 1 aliphatic carbocycles. The van der Waals surface area contributed by atoms with Crippen LogP contribution in [0.25, 0.3) is 0 Å². The van der Waals surface area contributed by atoms with Crippen molar-refractivity contribution >= 4 is 11.8 Å². The molecule has 32 heavy (non-hydrogen) atoms. The second-order valence-corrected chi connectivity index (χ2v) is 9.20. The lowest BCUT2D eigenvalue weighted by Crippen LogP contribution is -2.40. The number of aromatic nitrogens is 2. The molecule has 1 saturated heterocycles. The number of rotatable bonds is 6. The summed E-state index contributed by atoms with van der Waals surface area (Å²) in [6.07, 6.45) is 11.4. The molecule has 6 nitrogen and oxygen atoms in total. The molecule has 0 radical (unpaired) electrons. The summed E-state index contributed by atoms with van der Waals surface area (Å²) < 4.78 is 0. The minimum Gasteiger partial charge on any atom is -0.348 e. The van der Waals surface area contributed by atoms with Crippen molar-refractivity contribution in [1.29, 1.82) is 0 Å². The third kappa shape index (κ3) is 5.53. The Labute approximate surface area is 190 Å². The van der Waals surface area contributed by atoms with E-state index in [-0.39, 0.29) is 17.9 Å². The fraction of sp³-hybridized carbons (Fsp3) is 0.538. The lowest BCUT2D eigenvalue weighted by molar-refractivity contribution is -0.136. The first-order valence-corrected chi connectivity index (χ1v) is 12.1.